The van der Waals surface area contributed by atoms with E-state index < -0.39 is 15.9 Å². The summed E-state index contributed by atoms with van der Waals surface area (Å²) in [5.41, 5.74) is 0.221. The molecule has 0 saturated heterocycles. The van der Waals surface area contributed by atoms with Crippen LogP contribution in [0.5, 0.6) is 17.2 Å². The minimum Gasteiger partial charge on any atom is -0.495 e. The van der Waals surface area contributed by atoms with Crippen LogP contribution in [0, 0.1) is 0 Å². The van der Waals surface area contributed by atoms with E-state index >= 15 is 0 Å². The third-order valence-electron chi connectivity index (χ3n) is 4.46. The van der Waals surface area contributed by atoms with E-state index in [1.165, 1.54) is 29.6 Å². The Balaban J connectivity index is 2.09. The molecular formula is C21H28N2O6S. The van der Waals surface area contributed by atoms with Crippen molar-refractivity contribution in [3.05, 3.63) is 48.0 Å². The Morgan fingerprint density at radius 2 is 1.60 bits per heavy atom. The zero-order chi connectivity index (χ0) is 22.1. The van der Waals surface area contributed by atoms with Gasteiger partial charge in [-0.15, -0.1) is 0 Å². The van der Waals surface area contributed by atoms with E-state index in [4.69, 9.17) is 14.2 Å². The summed E-state index contributed by atoms with van der Waals surface area (Å²) in [4.78, 5) is 12.5. The molecular weight excluding hydrogens is 408 g/mol. The Hall–Kier alpha value is -2.78. The molecule has 0 aliphatic carbocycles. The first-order valence-corrected chi connectivity index (χ1v) is 11.0. The summed E-state index contributed by atoms with van der Waals surface area (Å²) in [7, 11) is -0.832. The highest BCUT2D eigenvalue weighted by Gasteiger charge is 2.26. The van der Waals surface area contributed by atoms with Gasteiger partial charge in [-0.1, -0.05) is 26.0 Å². The van der Waals surface area contributed by atoms with E-state index in [1.807, 2.05) is 12.1 Å². The van der Waals surface area contributed by atoms with Crippen LogP contribution in [0.15, 0.2) is 47.4 Å². The zero-order valence-corrected chi connectivity index (χ0v) is 18.5. The lowest BCUT2D eigenvalue weighted by molar-refractivity contribution is 0.0946. The van der Waals surface area contributed by atoms with Crippen LogP contribution in [0.25, 0.3) is 0 Å². The second kappa shape index (κ2) is 10.8. The van der Waals surface area contributed by atoms with E-state index in [2.05, 4.69) is 5.32 Å². The molecule has 0 saturated carbocycles. The van der Waals surface area contributed by atoms with Crippen molar-refractivity contribution in [3.8, 4) is 17.2 Å². The van der Waals surface area contributed by atoms with Gasteiger partial charge in [-0.3, -0.25) is 4.79 Å². The highest BCUT2D eigenvalue weighted by Crippen LogP contribution is 2.28. The molecule has 8 nitrogen and oxygen atoms in total. The van der Waals surface area contributed by atoms with E-state index in [1.54, 1.807) is 33.1 Å². The number of amides is 1. The Morgan fingerprint density at radius 3 is 2.20 bits per heavy atom. The van der Waals surface area contributed by atoms with Crippen molar-refractivity contribution in [2.45, 2.75) is 18.7 Å². The molecule has 164 valence electrons. The van der Waals surface area contributed by atoms with Crippen molar-refractivity contribution in [1.29, 1.82) is 0 Å². The molecule has 2 aromatic carbocycles. The van der Waals surface area contributed by atoms with Crippen LogP contribution in [0.1, 0.15) is 24.2 Å². The average molecular weight is 437 g/mol. The summed E-state index contributed by atoms with van der Waals surface area (Å²) < 4.78 is 43.2. The van der Waals surface area contributed by atoms with Crippen molar-refractivity contribution in [3.63, 3.8) is 0 Å². The number of methoxy groups -OCH3 is 2. The van der Waals surface area contributed by atoms with Gasteiger partial charge in [0.05, 0.1) is 20.8 Å². The lowest BCUT2D eigenvalue weighted by Gasteiger charge is -2.20. The molecule has 0 spiro atoms. The van der Waals surface area contributed by atoms with Gasteiger partial charge < -0.3 is 19.5 Å². The fraction of sp³-hybridized carbons (Fsp3) is 0.381. The van der Waals surface area contributed by atoms with Crippen LogP contribution in [0.3, 0.4) is 0 Å². The number of carbonyl (C=O) groups excluding carboxylic acids is 1. The molecule has 0 aliphatic rings. The predicted molar refractivity (Wildman–Crippen MR) is 114 cm³/mol. The average Bonchev–Trinajstić information content (AvgIpc) is 2.76. The SMILES string of the molecule is CCN(CC)S(=O)(=O)c1cc(C(=O)NCCOc2ccccc2OC)ccc1OC. The van der Waals surface area contributed by atoms with Crippen LogP contribution in [-0.4, -0.2) is 59.1 Å². The number of hydrogen-bond donors (Lipinski definition) is 1. The fourth-order valence-electron chi connectivity index (χ4n) is 2.89. The molecule has 0 atom stereocenters. The van der Waals surface area contributed by atoms with Gasteiger partial charge in [0.25, 0.3) is 5.91 Å². The lowest BCUT2D eigenvalue weighted by atomic mass is 10.2. The molecule has 1 amide bonds. The molecule has 2 rings (SSSR count). The molecule has 0 aliphatic heterocycles. The van der Waals surface area contributed by atoms with E-state index in [-0.39, 0.29) is 29.4 Å². The quantitative estimate of drug-likeness (QED) is 0.544. The number of nitrogens with one attached hydrogen (secondary N) is 1. The predicted octanol–water partition coefficient (Wildman–Crippen LogP) is 2.54. The Kier molecular flexibility index (Phi) is 8.49. The first-order valence-electron chi connectivity index (χ1n) is 9.61. The van der Waals surface area contributed by atoms with Gasteiger partial charge in [-0.05, 0) is 30.3 Å². The summed E-state index contributed by atoms with van der Waals surface area (Å²) >= 11 is 0. The van der Waals surface area contributed by atoms with Gasteiger partial charge in [0.2, 0.25) is 10.0 Å². The van der Waals surface area contributed by atoms with E-state index in [9.17, 15) is 13.2 Å². The highest BCUT2D eigenvalue weighted by molar-refractivity contribution is 7.89. The Morgan fingerprint density at radius 1 is 0.967 bits per heavy atom. The van der Waals surface area contributed by atoms with Crippen LogP contribution < -0.4 is 19.5 Å². The molecule has 9 heteroatoms. The third kappa shape index (κ3) is 5.43. The van der Waals surface area contributed by atoms with Crippen molar-refractivity contribution < 1.29 is 27.4 Å². The summed E-state index contributed by atoms with van der Waals surface area (Å²) in [5.74, 6) is 0.965. The Bertz CT molecular complexity index is 958. The minimum atomic E-state index is -3.78. The molecule has 0 radical (unpaired) electrons. The largest absolute Gasteiger partial charge is 0.495 e. The number of ether oxygens (including phenoxy) is 3. The summed E-state index contributed by atoms with van der Waals surface area (Å²) in [6.07, 6.45) is 0. The van der Waals surface area contributed by atoms with Gasteiger partial charge in [-0.2, -0.15) is 4.31 Å². The number of hydrogen-bond acceptors (Lipinski definition) is 6. The monoisotopic (exact) mass is 436 g/mol. The first kappa shape index (κ1) is 23.5. The maximum Gasteiger partial charge on any atom is 0.251 e. The van der Waals surface area contributed by atoms with Crippen molar-refractivity contribution in [2.24, 2.45) is 0 Å². The van der Waals surface area contributed by atoms with Crippen molar-refractivity contribution in [1.82, 2.24) is 9.62 Å². The van der Waals surface area contributed by atoms with E-state index in [0.29, 0.717) is 24.6 Å². The number of sulfonamides is 1. The first-order chi connectivity index (χ1) is 14.4. The van der Waals surface area contributed by atoms with Crippen LogP contribution >= 0.6 is 0 Å². The Labute approximate surface area is 177 Å². The fourth-order valence-corrected chi connectivity index (χ4v) is 4.53. The number of nitrogens with zero attached hydrogens (tertiary/aromatic N) is 1. The second-order valence-corrected chi connectivity index (χ2v) is 8.12. The zero-order valence-electron chi connectivity index (χ0n) is 17.7. The number of carbonyl (C=O) groups is 1. The number of benzene rings is 2. The maximum atomic E-state index is 12.9. The van der Waals surface area contributed by atoms with Gasteiger partial charge in [0.1, 0.15) is 17.3 Å². The minimum absolute atomic E-state index is 0.0355. The molecule has 0 unspecified atom stereocenters. The molecule has 0 heterocycles. The smallest absolute Gasteiger partial charge is 0.251 e. The van der Waals surface area contributed by atoms with Crippen LogP contribution in [0.2, 0.25) is 0 Å². The standard InChI is InChI=1S/C21H28N2O6S/c1-5-23(6-2)30(25,26)20-15-16(11-12-19(20)28-4)21(24)22-13-14-29-18-10-8-7-9-17(18)27-3/h7-12,15H,5-6,13-14H2,1-4H3,(H,22,24). The van der Waals surface area contributed by atoms with Crippen molar-refractivity contribution >= 4 is 15.9 Å². The van der Waals surface area contributed by atoms with Crippen molar-refractivity contribution in [2.75, 3.05) is 40.5 Å². The molecule has 2 aromatic rings. The van der Waals surface area contributed by atoms with Gasteiger partial charge in [-0.25, -0.2) is 8.42 Å². The summed E-state index contributed by atoms with van der Waals surface area (Å²) in [5, 5.41) is 2.73. The van der Waals surface area contributed by atoms with Crippen LogP contribution in [0.4, 0.5) is 0 Å². The lowest BCUT2D eigenvalue weighted by Crippen LogP contribution is -2.32. The summed E-state index contributed by atoms with van der Waals surface area (Å²) in [6.45, 7) is 4.61. The number of rotatable bonds is 11. The van der Waals surface area contributed by atoms with Gasteiger partial charge in [0, 0.05) is 18.7 Å². The second-order valence-electron chi connectivity index (χ2n) is 6.21. The third-order valence-corrected chi connectivity index (χ3v) is 6.53. The van der Waals surface area contributed by atoms with Crippen LogP contribution in [-0.2, 0) is 10.0 Å². The maximum absolute atomic E-state index is 12.9. The molecule has 0 aromatic heterocycles. The molecule has 30 heavy (non-hydrogen) atoms. The normalized spacial score (nSPS) is 11.2. The highest BCUT2D eigenvalue weighted by atomic mass is 32.2. The topological polar surface area (TPSA) is 94.2 Å². The van der Waals surface area contributed by atoms with E-state index in [0.717, 1.165) is 0 Å². The van der Waals surface area contributed by atoms with Gasteiger partial charge >= 0.3 is 0 Å². The molecule has 1 N–H and O–H groups in total. The molecule has 0 fully saturated rings. The molecule has 0 bridgehead atoms. The number of para-hydroxylation sites is 2. The summed E-state index contributed by atoms with van der Waals surface area (Å²) in [6, 6.07) is 11.6. The van der Waals surface area contributed by atoms with Gasteiger partial charge in [0.15, 0.2) is 11.5 Å².